The van der Waals surface area contributed by atoms with Crippen LogP contribution < -0.4 is 5.32 Å². The van der Waals surface area contributed by atoms with Gasteiger partial charge in [0.2, 0.25) is 0 Å². The monoisotopic (exact) mass is 272 g/mol. The lowest BCUT2D eigenvalue weighted by molar-refractivity contribution is 0.199. The van der Waals surface area contributed by atoms with Crippen molar-refractivity contribution in [3.05, 3.63) is 11.8 Å². The van der Waals surface area contributed by atoms with Gasteiger partial charge in [0.25, 0.3) is 0 Å². The van der Waals surface area contributed by atoms with Crippen LogP contribution in [0.4, 0.5) is 4.79 Å². The highest BCUT2D eigenvalue weighted by atomic mass is 32.2. The van der Waals surface area contributed by atoms with E-state index in [1.807, 2.05) is 6.92 Å². The number of hydrogen-bond acceptors (Lipinski definition) is 3. The first-order chi connectivity index (χ1) is 8.39. The summed E-state index contributed by atoms with van der Waals surface area (Å²) in [7, 11) is -1.29. The van der Waals surface area contributed by atoms with Crippen LogP contribution >= 0.6 is 0 Å². The van der Waals surface area contributed by atoms with Crippen LogP contribution in [0, 0.1) is 5.92 Å². The highest BCUT2D eigenvalue weighted by Gasteiger charge is 2.32. The van der Waals surface area contributed by atoms with Gasteiger partial charge in [0.1, 0.15) is 0 Å². The Morgan fingerprint density at radius 2 is 2.00 bits per heavy atom. The zero-order valence-electron chi connectivity index (χ0n) is 10.8. The number of allylic oxidation sites excluding steroid dienone is 1. The standard InChI is InChI=1S/C12H20N2O3S/c1-9(10-3-4-10)7-13-12(15)14(2)11-5-6-18(16,17)8-11/h7,10-11H,3-6,8H2,1-2H3,(H,13,15)/b9-7+. The highest BCUT2D eigenvalue weighted by molar-refractivity contribution is 7.91. The van der Waals surface area contributed by atoms with Crippen LogP contribution in [0.2, 0.25) is 0 Å². The fourth-order valence-corrected chi connectivity index (χ4v) is 3.95. The van der Waals surface area contributed by atoms with E-state index < -0.39 is 9.84 Å². The lowest BCUT2D eigenvalue weighted by atomic mass is 10.2. The molecule has 102 valence electrons. The van der Waals surface area contributed by atoms with Gasteiger partial charge in [-0.05, 0) is 32.1 Å². The molecule has 5 nitrogen and oxygen atoms in total. The molecule has 2 amide bonds. The minimum absolute atomic E-state index is 0.0856. The molecule has 1 aliphatic heterocycles. The molecule has 1 saturated heterocycles. The minimum atomic E-state index is -2.95. The van der Waals surface area contributed by atoms with Crippen molar-refractivity contribution in [1.29, 1.82) is 0 Å². The van der Waals surface area contributed by atoms with Crippen LogP contribution in [0.1, 0.15) is 26.2 Å². The van der Waals surface area contributed by atoms with Gasteiger partial charge in [-0.25, -0.2) is 13.2 Å². The third-order valence-corrected chi connectivity index (χ3v) is 5.47. The van der Waals surface area contributed by atoms with Gasteiger partial charge in [0, 0.05) is 19.3 Å². The first-order valence-corrected chi connectivity index (χ1v) is 8.11. The zero-order chi connectivity index (χ0) is 13.3. The fraction of sp³-hybridized carbons (Fsp3) is 0.750. The first kappa shape index (κ1) is 13.4. The van der Waals surface area contributed by atoms with Gasteiger partial charge in [0.05, 0.1) is 11.5 Å². The highest BCUT2D eigenvalue weighted by Crippen LogP contribution is 2.35. The Labute approximate surface area is 108 Å². The molecule has 0 aromatic rings. The largest absolute Gasteiger partial charge is 0.324 e. The number of nitrogens with one attached hydrogen (secondary N) is 1. The van der Waals surface area contributed by atoms with Crippen LogP contribution in [0.3, 0.4) is 0 Å². The number of sulfone groups is 1. The fourth-order valence-electron chi connectivity index (χ4n) is 2.18. The molecule has 1 saturated carbocycles. The normalized spacial score (nSPS) is 27.0. The summed E-state index contributed by atoms with van der Waals surface area (Å²) >= 11 is 0. The number of carbonyl (C=O) groups excluding carboxylic acids is 1. The van der Waals surface area contributed by atoms with Crippen molar-refractivity contribution in [2.75, 3.05) is 18.6 Å². The number of urea groups is 1. The molecular weight excluding hydrogens is 252 g/mol. The second-order valence-corrected chi connectivity index (χ2v) is 7.51. The van der Waals surface area contributed by atoms with Crippen molar-refractivity contribution in [2.24, 2.45) is 5.92 Å². The third-order valence-electron chi connectivity index (χ3n) is 3.72. The van der Waals surface area contributed by atoms with Crippen molar-refractivity contribution in [2.45, 2.75) is 32.2 Å². The van der Waals surface area contributed by atoms with E-state index in [-0.39, 0.29) is 23.6 Å². The van der Waals surface area contributed by atoms with Crippen molar-refractivity contribution < 1.29 is 13.2 Å². The summed E-state index contributed by atoms with van der Waals surface area (Å²) in [5, 5.41) is 2.74. The molecule has 0 radical (unpaired) electrons. The topological polar surface area (TPSA) is 66.5 Å². The van der Waals surface area contributed by atoms with Crippen molar-refractivity contribution in [1.82, 2.24) is 10.2 Å². The summed E-state index contributed by atoms with van der Waals surface area (Å²) in [5.74, 6) is 0.900. The summed E-state index contributed by atoms with van der Waals surface area (Å²) < 4.78 is 22.7. The molecular formula is C12H20N2O3S. The second-order valence-electron chi connectivity index (χ2n) is 5.28. The van der Waals surface area contributed by atoms with E-state index in [9.17, 15) is 13.2 Å². The van der Waals surface area contributed by atoms with Crippen LogP contribution in [0.15, 0.2) is 11.8 Å². The molecule has 1 atom stereocenters. The lowest BCUT2D eigenvalue weighted by Gasteiger charge is -2.22. The Morgan fingerprint density at radius 1 is 1.33 bits per heavy atom. The summed E-state index contributed by atoms with van der Waals surface area (Å²) in [6, 6.07) is -0.415. The maximum absolute atomic E-state index is 11.9. The molecule has 0 spiro atoms. The Balaban J connectivity index is 1.87. The average Bonchev–Trinajstić information content (AvgIpc) is 3.09. The second kappa shape index (κ2) is 4.91. The number of nitrogens with zero attached hydrogens (tertiary/aromatic N) is 1. The van der Waals surface area contributed by atoms with Gasteiger partial charge >= 0.3 is 6.03 Å². The smallest absolute Gasteiger partial charge is 0.321 e. The summed E-state index contributed by atoms with van der Waals surface area (Å²) in [6.07, 6.45) is 4.70. The number of carbonyl (C=O) groups is 1. The third kappa shape index (κ3) is 3.25. The van der Waals surface area contributed by atoms with Crippen molar-refractivity contribution >= 4 is 15.9 Å². The van der Waals surface area contributed by atoms with E-state index in [0.29, 0.717) is 12.3 Å². The molecule has 2 fully saturated rings. The van der Waals surface area contributed by atoms with Gasteiger partial charge in [-0.15, -0.1) is 0 Å². The van der Waals surface area contributed by atoms with Crippen LogP contribution in [-0.4, -0.2) is 43.9 Å². The molecule has 2 aliphatic rings. The van der Waals surface area contributed by atoms with Crippen molar-refractivity contribution in [3.8, 4) is 0 Å². The van der Waals surface area contributed by atoms with E-state index in [2.05, 4.69) is 5.32 Å². The quantitative estimate of drug-likeness (QED) is 0.837. The molecule has 1 unspecified atom stereocenters. The van der Waals surface area contributed by atoms with E-state index in [0.717, 1.165) is 0 Å². The van der Waals surface area contributed by atoms with E-state index in [4.69, 9.17) is 0 Å². The zero-order valence-corrected chi connectivity index (χ0v) is 11.7. The Morgan fingerprint density at radius 3 is 2.50 bits per heavy atom. The molecule has 1 heterocycles. The molecule has 6 heteroatoms. The van der Waals surface area contributed by atoms with E-state index in [1.165, 1.54) is 23.3 Å². The van der Waals surface area contributed by atoms with Crippen LogP contribution in [-0.2, 0) is 9.84 Å². The Bertz CT molecular complexity index is 466. The maximum atomic E-state index is 11.9. The SMILES string of the molecule is C/C(=C\NC(=O)N(C)C1CCS(=O)(=O)C1)C1CC1. The maximum Gasteiger partial charge on any atom is 0.321 e. The first-order valence-electron chi connectivity index (χ1n) is 6.29. The molecule has 1 aliphatic carbocycles. The number of hydrogen-bond donors (Lipinski definition) is 1. The van der Waals surface area contributed by atoms with Gasteiger partial charge in [-0.1, -0.05) is 5.57 Å². The predicted octanol–water partition coefficient (Wildman–Crippen LogP) is 1.13. The summed E-state index contributed by atoms with van der Waals surface area (Å²) in [4.78, 5) is 13.4. The van der Waals surface area contributed by atoms with E-state index >= 15 is 0 Å². The van der Waals surface area contributed by atoms with Gasteiger partial charge in [0.15, 0.2) is 9.84 Å². The Kier molecular flexibility index (Phi) is 3.66. The molecule has 0 aromatic carbocycles. The predicted molar refractivity (Wildman–Crippen MR) is 69.8 cm³/mol. The molecule has 0 bridgehead atoms. The van der Waals surface area contributed by atoms with E-state index in [1.54, 1.807) is 13.2 Å². The average molecular weight is 272 g/mol. The molecule has 18 heavy (non-hydrogen) atoms. The number of amides is 2. The van der Waals surface area contributed by atoms with Gasteiger partial charge < -0.3 is 10.2 Å². The van der Waals surface area contributed by atoms with Crippen LogP contribution in [0.5, 0.6) is 0 Å². The van der Waals surface area contributed by atoms with Crippen LogP contribution in [0.25, 0.3) is 0 Å². The summed E-state index contributed by atoms with van der Waals surface area (Å²) in [6.45, 7) is 2.01. The molecule has 1 N–H and O–H groups in total. The summed E-state index contributed by atoms with van der Waals surface area (Å²) in [5.41, 5.74) is 1.19. The minimum Gasteiger partial charge on any atom is -0.324 e. The Hall–Kier alpha value is -1.04. The molecule has 0 aromatic heterocycles. The lowest BCUT2D eigenvalue weighted by Crippen LogP contribution is -2.42. The van der Waals surface area contributed by atoms with Crippen molar-refractivity contribution in [3.63, 3.8) is 0 Å². The van der Waals surface area contributed by atoms with Gasteiger partial charge in [-0.3, -0.25) is 0 Å². The van der Waals surface area contributed by atoms with Gasteiger partial charge in [-0.2, -0.15) is 0 Å². The number of rotatable bonds is 3. The molecule has 2 rings (SSSR count).